The Bertz CT molecular complexity index is 1060. The number of nitrogens with zero attached hydrogens (tertiary/aromatic N) is 2. The minimum absolute atomic E-state index is 0.388. The molecule has 1 atom stereocenters. The molecule has 3 aromatic rings. The van der Waals surface area contributed by atoms with Gasteiger partial charge in [-0.05, 0) is 42.8 Å². The Kier molecular flexibility index (Phi) is 5.61. The quantitative estimate of drug-likeness (QED) is 0.456. The van der Waals surface area contributed by atoms with E-state index in [1.807, 2.05) is 31.2 Å². The van der Waals surface area contributed by atoms with Gasteiger partial charge in [0.05, 0.1) is 18.2 Å². The summed E-state index contributed by atoms with van der Waals surface area (Å²) in [6, 6.07) is 14.5. The maximum absolute atomic E-state index is 12.8. The van der Waals surface area contributed by atoms with Crippen LogP contribution >= 0.6 is 0 Å². The topological polar surface area (TPSA) is 85.3 Å². The number of esters is 1. The number of carbonyl (C=O) groups excluding carboxylic acids is 2. The van der Waals surface area contributed by atoms with E-state index < -0.39 is 18.5 Å². The molecule has 1 aromatic carbocycles. The van der Waals surface area contributed by atoms with Crippen molar-refractivity contribution in [2.24, 2.45) is 5.10 Å². The van der Waals surface area contributed by atoms with Gasteiger partial charge in [0.15, 0.2) is 6.61 Å². The first-order valence-electron chi connectivity index (χ1n) is 9.48. The van der Waals surface area contributed by atoms with Crippen LogP contribution < -0.4 is 0 Å². The molecular formula is C23H20N2O5. The van der Waals surface area contributed by atoms with Crippen molar-refractivity contribution in [2.45, 2.75) is 19.4 Å². The molecule has 7 heteroatoms. The first-order chi connectivity index (χ1) is 14.6. The summed E-state index contributed by atoms with van der Waals surface area (Å²) in [5.74, 6) is 0.0655. The van der Waals surface area contributed by atoms with E-state index in [2.05, 4.69) is 5.10 Å². The van der Waals surface area contributed by atoms with Crippen LogP contribution in [-0.2, 0) is 14.3 Å². The zero-order chi connectivity index (χ0) is 20.9. The van der Waals surface area contributed by atoms with Gasteiger partial charge in [-0.25, -0.2) is 9.80 Å². The van der Waals surface area contributed by atoms with Crippen molar-refractivity contribution in [3.63, 3.8) is 0 Å². The number of carbonyl (C=O) groups is 2. The Morgan fingerprint density at radius 1 is 1.13 bits per heavy atom. The van der Waals surface area contributed by atoms with Crippen LogP contribution in [0.2, 0.25) is 0 Å². The average Bonchev–Trinajstić information content (AvgIpc) is 3.52. The molecule has 2 aromatic heterocycles. The zero-order valence-electron chi connectivity index (χ0n) is 16.4. The van der Waals surface area contributed by atoms with Crippen molar-refractivity contribution in [2.75, 3.05) is 6.61 Å². The number of benzene rings is 1. The lowest BCUT2D eigenvalue weighted by atomic mass is 10.0. The van der Waals surface area contributed by atoms with Crippen LogP contribution in [0, 0.1) is 6.92 Å². The van der Waals surface area contributed by atoms with Gasteiger partial charge in [0, 0.05) is 12.5 Å². The molecule has 1 aliphatic heterocycles. The van der Waals surface area contributed by atoms with E-state index >= 15 is 0 Å². The van der Waals surface area contributed by atoms with Gasteiger partial charge in [-0.1, -0.05) is 29.8 Å². The molecule has 0 unspecified atom stereocenters. The van der Waals surface area contributed by atoms with E-state index in [0.29, 0.717) is 17.9 Å². The third-order valence-electron chi connectivity index (χ3n) is 4.69. The highest BCUT2D eigenvalue weighted by Gasteiger charge is 2.35. The molecule has 4 rings (SSSR count). The lowest BCUT2D eigenvalue weighted by molar-refractivity contribution is -0.149. The number of hydrazone groups is 1. The Balaban J connectivity index is 1.46. The molecule has 1 amide bonds. The molecular weight excluding hydrogens is 384 g/mol. The van der Waals surface area contributed by atoms with Gasteiger partial charge in [-0.3, -0.25) is 4.79 Å². The molecule has 152 valence electrons. The first kappa shape index (κ1) is 19.4. The largest absolute Gasteiger partial charge is 0.467 e. The van der Waals surface area contributed by atoms with Crippen LogP contribution in [0.15, 0.2) is 81.1 Å². The molecule has 3 heterocycles. The van der Waals surface area contributed by atoms with Crippen molar-refractivity contribution in [3.05, 3.63) is 89.8 Å². The third kappa shape index (κ3) is 4.41. The second-order valence-electron chi connectivity index (χ2n) is 6.84. The maximum atomic E-state index is 12.8. The lowest BCUT2D eigenvalue weighted by Gasteiger charge is -2.19. The molecule has 0 N–H and O–H groups in total. The van der Waals surface area contributed by atoms with E-state index in [9.17, 15) is 9.59 Å². The van der Waals surface area contributed by atoms with Crippen LogP contribution in [0.1, 0.15) is 35.1 Å². The Labute approximate surface area is 173 Å². The summed E-state index contributed by atoms with van der Waals surface area (Å²) >= 11 is 0. The van der Waals surface area contributed by atoms with Gasteiger partial charge < -0.3 is 13.6 Å². The average molecular weight is 404 g/mol. The Morgan fingerprint density at radius 2 is 1.90 bits per heavy atom. The van der Waals surface area contributed by atoms with Crippen molar-refractivity contribution >= 4 is 23.7 Å². The number of ether oxygens (including phenoxy) is 1. The highest BCUT2D eigenvalue weighted by atomic mass is 16.5. The molecule has 0 saturated carbocycles. The lowest BCUT2D eigenvalue weighted by Crippen LogP contribution is -2.31. The summed E-state index contributed by atoms with van der Waals surface area (Å²) in [4.78, 5) is 24.7. The molecule has 7 nitrogen and oxygen atoms in total. The summed E-state index contributed by atoms with van der Waals surface area (Å²) in [7, 11) is 0. The van der Waals surface area contributed by atoms with Crippen LogP contribution in [0.25, 0.3) is 6.08 Å². The zero-order valence-corrected chi connectivity index (χ0v) is 16.4. The highest BCUT2D eigenvalue weighted by Crippen LogP contribution is 2.33. The number of amides is 1. The second-order valence-corrected chi connectivity index (χ2v) is 6.84. The van der Waals surface area contributed by atoms with E-state index in [1.54, 1.807) is 30.5 Å². The molecule has 30 heavy (non-hydrogen) atoms. The van der Waals surface area contributed by atoms with Gasteiger partial charge in [0.2, 0.25) is 0 Å². The summed E-state index contributed by atoms with van der Waals surface area (Å²) in [5.41, 5.74) is 2.85. The van der Waals surface area contributed by atoms with Gasteiger partial charge >= 0.3 is 5.97 Å². The summed E-state index contributed by atoms with van der Waals surface area (Å²) < 4.78 is 15.7. The minimum Gasteiger partial charge on any atom is -0.467 e. The molecule has 0 bridgehead atoms. The predicted molar refractivity (Wildman–Crippen MR) is 109 cm³/mol. The number of aryl methyl sites for hydroxylation is 1. The Hall–Kier alpha value is -3.87. The van der Waals surface area contributed by atoms with Gasteiger partial charge in [0.25, 0.3) is 5.91 Å². The second kappa shape index (κ2) is 8.65. The fourth-order valence-electron chi connectivity index (χ4n) is 3.15. The van der Waals surface area contributed by atoms with Crippen molar-refractivity contribution < 1.29 is 23.2 Å². The number of furan rings is 2. The van der Waals surface area contributed by atoms with Crippen molar-refractivity contribution in [1.82, 2.24) is 5.01 Å². The van der Waals surface area contributed by atoms with Crippen molar-refractivity contribution in [3.8, 4) is 0 Å². The smallest absolute Gasteiger partial charge is 0.331 e. The van der Waals surface area contributed by atoms with Gasteiger partial charge in [-0.15, -0.1) is 0 Å². The fourth-order valence-corrected chi connectivity index (χ4v) is 3.15. The summed E-state index contributed by atoms with van der Waals surface area (Å²) in [6.07, 6.45) is 6.25. The molecule has 0 saturated heterocycles. The SMILES string of the molecule is Cc1ccc(C2=NN(C(=O)COC(=O)/C=C/c3ccco3)[C@@H](c3ccco3)C2)cc1. The van der Waals surface area contributed by atoms with Crippen LogP contribution in [0.5, 0.6) is 0 Å². The van der Waals surface area contributed by atoms with Gasteiger partial charge in [0.1, 0.15) is 17.6 Å². The van der Waals surface area contributed by atoms with E-state index in [1.165, 1.54) is 23.4 Å². The van der Waals surface area contributed by atoms with Gasteiger partial charge in [-0.2, -0.15) is 5.10 Å². The number of hydrogen-bond acceptors (Lipinski definition) is 6. The molecule has 0 spiro atoms. The molecule has 0 aliphatic carbocycles. The minimum atomic E-state index is -0.642. The van der Waals surface area contributed by atoms with Crippen LogP contribution in [0.3, 0.4) is 0 Å². The van der Waals surface area contributed by atoms with E-state index in [0.717, 1.165) is 16.8 Å². The number of hydrogen-bond donors (Lipinski definition) is 0. The van der Waals surface area contributed by atoms with E-state index in [-0.39, 0.29) is 6.04 Å². The van der Waals surface area contributed by atoms with Crippen LogP contribution in [0.4, 0.5) is 0 Å². The molecule has 0 radical (unpaired) electrons. The predicted octanol–water partition coefficient (Wildman–Crippen LogP) is 4.12. The van der Waals surface area contributed by atoms with Crippen LogP contribution in [-0.4, -0.2) is 29.2 Å². The summed E-state index contributed by atoms with van der Waals surface area (Å²) in [5, 5.41) is 5.84. The Morgan fingerprint density at radius 3 is 2.60 bits per heavy atom. The highest BCUT2D eigenvalue weighted by molar-refractivity contribution is 6.03. The molecule has 0 fully saturated rings. The standard InChI is InChI=1S/C23H20N2O5/c1-16-6-8-17(9-7-16)19-14-20(21-5-3-13-29-21)25(24-19)22(26)15-30-23(27)11-10-18-4-2-12-28-18/h2-13,20H,14-15H2,1H3/b11-10+/t20-/m1/s1. The normalized spacial score (nSPS) is 16.1. The molecule has 1 aliphatic rings. The maximum Gasteiger partial charge on any atom is 0.331 e. The third-order valence-corrected chi connectivity index (χ3v) is 4.69. The monoisotopic (exact) mass is 404 g/mol. The van der Waals surface area contributed by atoms with E-state index in [4.69, 9.17) is 13.6 Å². The number of rotatable bonds is 6. The first-order valence-corrected chi connectivity index (χ1v) is 9.48. The van der Waals surface area contributed by atoms with Crippen molar-refractivity contribution in [1.29, 1.82) is 0 Å². The fraction of sp³-hybridized carbons (Fsp3) is 0.174. The summed E-state index contributed by atoms with van der Waals surface area (Å²) in [6.45, 7) is 1.58.